The summed E-state index contributed by atoms with van der Waals surface area (Å²) in [5.41, 5.74) is 1.60. The standard InChI is InChI=1S/C18H17NO5/c1-22-14-7-5-12(11-4-6-13(17(20)21)19-10-11)15-16(14)24-18(23-15)8-2-3-9-18/h4-7,10H,2-3,8-9H2,1H3,(H,20,21). The van der Waals surface area contributed by atoms with Gasteiger partial charge in [-0.3, -0.25) is 0 Å². The van der Waals surface area contributed by atoms with Crippen molar-refractivity contribution in [3.05, 3.63) is 36.2 Å². The molecule has 0 atom stereocenters. The Balaban J connectivity index is 1.78. The van der Waals surface area contributed by atoms with Gasteiger partial charge in [0, 0.05) is 30.2 Å². The van der Waals surface area contributed by atoms with E-state index >= 15 is 0 Å². The summed E-state index contributed by atoms with van der Waals surface area (Å²) in [4.78, 5) is 15.0. The maximum Gasteiger partial charge on any atom is 0.354 e. The van der Waals surface area contributed by atoms with Crippen LogP contribution >= 0.6 is 0 Å². The van der Waals surface area contributed by atoms with Crippen LogP contribution in [0.3, 0.4) is 0 Å². The van der Waals surface area contributed by atoms with E-state index in [0.717, 1.165) is 36.8 Å². The molecule has 4 rings (SSSR count). The summed E-state index contributed by atoms with van der Waals surface area (Å²) in [6, 6.07) is 6.92. The van der Waals surface area contributed by atoms with Gasteiger partial charge in [0.2, 0.25) is 5.75 Å². The van der Waals surface area contributed by atoms with Crippen molar-refractivity contribution in [3.8, 4) is 28.4 Å². The molecule has 1 N–H and O–H groups in total. The van der Waals surface area contributed by atoms with Crippen molar-refractivity contribution in [3.63, 3.8) is 0 Å². The van der Waals surface area contributed by atoms with Gasteiger partial charge in [0.05, 0.1) is 7.11 Å². The normalized spacial score (nSPS) is 17.2. The van der Waals surface area contributed by atoms with Gasteiger partial charge < -0.3 is 19.3 Å². The Bertz CT molecular complexity index is 794. The van der Waals surface area contributed by atoms with Gasteiger partial charge in [0.25, 0.3) is 5.79 Å². The van der Waals surface area contributed by atoms with E-state index in [4.69, 9.17) is 19.3 Å². The van der Waals surface area contributed by atoms with Crippen molar-refractivity contribution >= 4 is 5.97 Å². The number of nitrogens with zero attached hydrogens (tertiary/aromatic N) is 1. The number of hydrogen-bond acceptors (Lipinski definition) is 5. The summed E-state index contributed by atoms with van der Waals surface area (Å²) in [5, 5.41) is 8.99. The molecule has 6 nitrogen and oxygen atoms in total. The van der Waals surface area contributed by atoms with E-state index in [1.165, 1.54) is 12.3 Å². The van der Waals surface area contributed by atoms with Crippen LogP contribution in [0.15, 0.2) is 30.5 Å². The number of ether oxygens (including phenoxy) is 3. The largest absolute Gasteiger partial charge is 0.493 e. The van der Waals surface area contributed by atoms with Crippen molar-refractivity contribution in [2.45, 2.75) is 31.5 Å². The van der Waals surface area contributed by atoms with Crippen LogP contribution in [-0.4, -0.2) is 29.0 Å². The molecule has 1 aromatic heterocycles. The third kappa shape index (κ3) is 2.26. The van der Waals surface area contributed by atoms with Gasteiger partial charge in [-0.1, -0.05) is 6.07 Å². The summed E-state index contributed by atoms with van der Waals surface area (Å²) in [6.45, 7) is 0. The number of carboxylic acids is 1. The van der Waals surface area contributed by atoms with Gasteiger partial charge in [0.15, 0.2) is 11.5 Å². The predicted molar refractivity (Wildman–Crippen MR) is 85.6 cm³/mol. The quantitative estimate of drug-likeness (QED) is 0.929. The Morgan fingerprint density at radius 1 is 1.17 bits per heavy atom. The number of benzene rings is 1. The molecule has 1 fully saturated rings. The number of hydrogen-bond donors (Lipinski definition) is 1. The first-order chi connectivity index (χ1) is 11.6. The van der Waals surface area contributed by atoms with Crippen molar-refractivity contribution in [2.24, 2.45) is 0 Å². The minimum absolute atomic E-state index is 0.00772. The van der Waals surface area contributed by atoms with Gasteiger partial charge in [-0.15, -0.1) is 0 Å². The number of aromatic carboxylic acids is 1. The highest BCUT2D eigenvalue weighted by molar-refractivity contribution is 5.86. The van der Waals surface area contributed by atoms with Gasteiger partial charge in [-0.2, -0.15) is 0 Å². The van der Waals surface area contributed by atoms with Crippen LogP contribution in [-0.2, 0) is 0 Å². The minimum Gasteiger partial charge on any atom is -0.493 e. The second-order valence-electron chi connectivity index (χ2n) is 6.03. The van der Waals surface area contributed by atoms with Gasteiger partial charge >= 0.3 is 5.97 Å². The van der Waals surface area contributed by atoms with Crippen LogP contribution in [0.1, 0.15) is 36.2 Å². The fraction of sp³-hybridized carbons (Fsp3) is 0.333. The van der Waals surface area contributed by atoms with Crippen LogP contribution in [0, 0.1) is 0 Å². The molecule has 124 valence electrons. The molecular formula is C18H17NO5. The Morgan fingerprint density at radius 3 is 2.54 bits per heavy atom. The Kier molecular flexibility index (Phi) is 3.33. The first-order valence-electron chi connectivity index (χ1n) is 7.91. The average Bonchev–Trinajstić information content (AvgIpc) is 3.20. The summed E-state index contributed by atoms with van der Waals surface area (Å²) < 4.78 is 17.8. The van der Waals surface area contributed by atoms with Gasteiger partial charge in [-0.05, 0) is 31.0 Å². The first kappa shape index (κ1) is 14.8. The third-order valence-electron chi connectivity index (χ3n) is 4.53. The molecule has 0 amide bonds. The molecule has 24 heavy (non-hydrogen) atoms. The van der Waals surface area contributed by atoms with E-state index in [1.54, 1.807) is 13.2 Å². The van der Waals surface area contributed by atoms with Crippen LogP contribution in [0.5, 0.6) is 17.2 Å². The summed E-state index contributed by atoms with van der Waals surface area (Å²) in [5.74, 6) is 0.235. The van der Waals surface area contributed by atoms with E-state index < -0.39 is 11.8 Å². The Morgan fingerprint density at radius 2 is 1.92 bits per heavy atom. The highest BCUT2D eigenvalue weighted by atomic mass is 16.7. The van der Waals surface area contributed by atoms with Crippen LogP contribution < -0.4 is 14.2 Å². The maximum atomic E-state index is 11.0. The zero-order valence-corrected chi connectivity index (χ0v) is 13.2. The molecule has 0 unspecified atom stereocenters. The van der Waals surface area contributed by atoms with Crippen LogP contribution in [0.25, 0.3) is 11.1 Å². The van der Waals surface area contributed by atoms with Gasteiger partial charge in [0.1, 0.15) is 5.69 Å². The zero-order valence-electron chi connectivity index (χ0n) is 13.2. The minimum atomic E-state index is -1.05. The molecule has 0 saturated heterocycles. The van der Waals surface area contributed by atoms with Crippen LogP contribution in [0.2, 0.25) is 0 Å². The fourth-order valence-corrected chi connectivity index (χ4v) is 3.32. The lowest BCUT2D eigenvalue weighted by Gasteiger charge is -2.21. The van der Waals surface area contributed by atoms with Crippen molar-refractivity contribution in [1.82, 2.24) is 4.98 Å². The second-order valence-corrected chi connectivity index (χ2v) is 6.03. The summed E-state index contributed by atoms with van der Waals surface area (Å²) in [6.07, 6.45) is 5.37. The molecule has 1 spiro atoms. The zero-order chi connectivity index (χ0) is 16.7. The van der Waals surface area contributed by atoms with Crippen molar-refractivity contribution in [2.75, 3.05) is 7.11 Å². The van der Waals surface area contributed by atoms with E-state index in [1.807, 2.05) is 12.1 Å². The number of methoxy groups -OCH3 is 1. The topological polar surface area (TPSA) is 77.9 Å². The highest BCUT2D eigenvalue weighted by Gasteiger charge is 2.46. The fourth-order valence-electron chi connectivity index (χ4n) is 3.32. The predicted octanol–water partition coefficient (Wildman–Crippen LogP) is 3.50. The summed E-state index contributed by atoms with van der Waals surface area (Å²) >= 11 is 0. The number of carbonyl (C=O) groups is 1. The average molecular weight is 327 g/mol. The lowest BCUT2D eigenvalue weighted by Crippen LogP contribution is -2.34. The number of pyridine rings is 1. The molecule has 1 saturated carbocycles. The van der Waals surface area contributed by atoms with Crippen LogP contribution in [0.4, 0.5) is 0 Å². The molecular weight excluding hydrogens is 310 g/mol. The molecule has 0 radical (unpaired) electrons. The summed E-state index contributed by atoms with van der Waals surface area (Å²) in [7, 11) is 1.60. The monoisotopic (exact) mass is 327 g/mol. The number of carboxylic acid groups (broad SMARTS) is 1. The third-order valence-corrected chi connectivity index (χ3v) is 4.53. The van der Waals surface area contributed by atoms with Gasteiger partial charge in [-0.25, -0.2) is 9.78 Å². The van der Waals surface area contributed by atoms with E-state index in [-0.39, 0.29) is 5.69 Å². The molecule has 2 heterocycles. The molecule has 2 aliphatic rings. The molecule has 1 aromatic carbocycles. The Labute approximate surface area is 139 Å². The second kappa shape index (κ2) is 5.40. The number of aromatic nitrogens is 1. The van der Waals surface area contributed by atoms with Crippen molar-refractivity contribution < 1.29 is 24.1 Å². The molecule has 1 aliphatic heterocycles. The SMILES string of the molecule is COc1ccc(-c2ccc(C(=O)O)nc2)c2c1OC1(CCCC1)O2. The molecule has 6 heteroatoms. The lowest BCUT2D eigenvalue weighted by molar-refractivity contribution is -0.0721. The van der Waals surface area contributed by atoms with E-state index in [9.17, 15) is 4.79 Å². The molecule has 1 aliphatic carbocycles. The molecule has 2 aromatic rings. The number of fused-ring (bicyclic) bond motifs is 1. The lowest BCUT2D eigenvalue weighted by atomic mass is 10.1. The van der Waals surface area contributed by atoms with E-state index in [0.29, 0.717) is 17.2 Å². The van der Waals surface area contributed by atoms with Crippen molar-refractivity contribution in [1.29, 1.82) is 0 Å². The highest BCUT2D eigenvalue weighted by Crippen LogP contribution is 2.54. The maximum absolute atomic E-state index is 11.0. The number of rotatable bonds is 3. The molecule has 0 bridgehead atoms. The smallest absolute Gasteiger partial charge is 0.354 e. The Hall–Kier alpha value is -2.76. The van der Waals surface area contributed by atoms with E-state index in [2.05, 4.69) is 4.98 Å². The first-order valence-corrected chi connectivity index (χ1v) is 7.91.